The van der Waals surface area contributed by atoms with Crippen LogP contribution in [0.2, 0.25) is 0 Å². The minimum Gasteiger partial charge on any atom is -0.447 e. The van der Waals surface area contributed by atoms with Gasteiger partial charge in [-0.15, -0.1) is 0 Å². The molecule has 0 spiro atoms. The fourth-order valence-electron chi connectivity index (χ4n) is 2.42. The average Bonchev–Trinajstić information content (AvgIpc) is 2.79. The number of likely N-dealkylation sites (tertiary alicyclic amines) is 1. The van der Waals surface area contributed by atoms with Gasteiger partial charge in [-0.3, -0.25) is 4.90 Å². The highest BCUT2D eigenvalue weighted by Gasteiger charge is 2.24. The second kappa shape index (κ2) is 6.17. The summed E-state index contributed by atoms with van der Waals surface area (Å²) in [7, 11) is 4.14. The van der Waals surface area contributed by atoms with Crippen molar-refractivity contribution < 1.29 is 4.42 Å². The van der Waals surface area contributed by atoms with E-state index in [0.717, 1.165) is 37.5 Å². The number of piperidine rings is 1. The Balaban J connectivity index is 1.92. The van der Waals surface area contributed by atoms with E-state index in [1.165, 1.54) is 19.3 Å². The molecule has 1 saturated heterocycles. The van der Waals surface area contributed by atoms with Gasteiger partial charge in [0.15, 0.2) is 0 Å². The highest BCUT2D eigenvalue weighted by Crippen LogP contribution is 2.28. The van der Waals surface area contributed by atoms with Crippen molar-refractivity contribution in [2.45, 2.75) is 38.1 Å². The highest BCUT2D eigenvalue weighted by atomic mass is 16.3. The van der Waals surface area contributed by atoms with Gasteiger partial charge in [-0.25, -0.2) is 4.98 Å². The molecule has 1 N–H and O–H groups in total. The maximum Gasteiger partial charge on any atom is 0.211 e. The van der Waals surface area contributed by atoms with E-state index >= 15 is 0 Å². The molecule has 0 radical (unpaired) electrons. The number of hydrogen-bond donors (Lipinski definition) is 1. The van der Waals surface area contributed by atoms with Crippen LogP contribution in [0.4, 0.5) is 0 Å². The fourth-order valence-corrected chi connectivity index (χ4v) is 2.42. The molecule has 17 heavy (non-hydrogen) atoms. The quantitative estimate of drug-likeness (QED) is 0.795. The number of nitrogens with zero attached hydrogens (tertiary/aromatic N) is 2. The van der Waals surface area contributed by atoms with E-state index in [2.05, 4.69) is 22.2 Å². The predicted octanol–water partition coefficient (Wildman–Crippen LogP) is 1.98. The lowest BCUT2D eigenvalue weighted by Gasteiger charge is -2.29. The van der Waals surface area contributed by atoms with Gasteiger partial charge in [0.2, 0.25) is 5.89 Å². The summed E-state index contributed by atoms with van der Waals surface area (Å²) in [6, 6.07) is 0.391. The average molecular weight is 237 g/mol. The molecule has 1 unspecified atom stereocenters. The molecule has 1 aliphatic rings. The zero-order valence-corrected chi connectivity index (χ0v) is 10.9. The first kappa shape index (κ1) is 12.6. The molecule has 0 saturated carbocycles. The topological polar surface area (TPSA) is 41.3 Å². The minimum absolute atomic E-state index is 0.391. The van der Waals surface area contributed by atoms with E-state index in [1.807, 2.05) is 13.3 Å². The van der Waals surface area contributed by atoms with E-state index in [4.69, 9.17) is 4.42 Å². The van der Waals surface area contributed by atoms with Crippen LogP contribution in [0.25, 0.3) is 0 Å². The van der Waals surface area contributed by atoms with E-state index in [-0.39, 0.29) is 0 Å². The summed E-state index contributed by atoms with van der Waals surface area (Å²) in [5, 5.41) is 3.15. The summed E-state index contributed by atoms with van der Waals surface area (Å²) < 4.78 is 5.63. The van der Waals surface area contributed by atoms with Gasteiger partial charge in [-0.1, -0.05) is 6.42 Å². The second-order valence-corrected chi connectivity index (χ2v) is 4.88. The van der Waals surface area contributed by atoms with Crippen LogP contribution < -0.4 is 5.32 Å². The molecule has 4 nitrogen and oxygen atoms in total. The van der Waals surface area contributed by atoms with E-state index in [0.29, 0.717) is 6.04 Å². The first-order valence-electron chi connectivity index (χ1n) is 6.60. The highest BCUT2D eigenvalue weighted by molar-refractivity contribution is 5.01. The Kier molecular flexibility index (Phi) is 4.57. The van der Waals surface area contributed by atoms with Crippen LogP contribution in [0.15, 0.2) is 10.7 Å². The summed E-state index contributed by atoms with van der Waals surface area (Å²) in [5.74, 6) is 0.909. The minimum atomic E-state index is 0.391. The Hall–Kier alpha value is -0.870. The number of aromatic nitrogens is 1. The second-order valence-electron chi connectivity index (χ2n) is 4.88. The summed E-state index contributed by atoms with van der Waals surface area (Å²) in [6.45, 7) is 2.19. The Morgan fingerprint density at radius 2 is 2.41 bits per heavy atom. The number of aryl methyl sites for hydroxylation is 1. The van der Waals surface area contributed by atoms with Crippen molar-refractivity contribution in [1.82, 2.24) is 15.2 Å². The molecule has 1 atom stereocenters. The van der Waals surface area contributed by atoms with Gasteiger partial charge in [-0.05, 0) is 52.9 Å². The standard InChI is InChI=1S/C13H23N3O/c1-14-8-5-6-11-10-17-13(15-11)12-7-3-4-9-16(12)2/h10,12,14H,3-9H2,1-2H3. The first-order chi connectivity index (χ1) is 8.31. The van der Waals surface area contributed by atoms with Crippen LogP contribution >= 0.6 is 0 Å². The molecule has 2 heterocycles. The molecule has 1 fully saturated rings. The van der Waals surface area contributed by atoms with E-state index in [9.17, 15) is 0 Å². The van der Waals surface area contributed by atoms with E-state index in [1.54, 1.807) is 0 Å². The zero-order chi connectivity index (χ0) is 12.1. The Bertz CT molecular complexity index is 337. The van der Waals surface area contributed by atoms with Crippen LogP contribution in [0, 0.1) is 0 Å². The van der Waals surface area contributed by atoms with Crippen molar-refractivity contribution in [3.05, 3.63) is 17.8 Å². The smallest absolute Gasteiger partial charge is 0.211 e. The molecule has 0 amide bonds. The summed E-state index contributed by atoms with van der Waals surface area (Å²) in [6.07, 6.45) is 7.69. The molecule has 1 aromatic rings. The van der Waals surface area contributed by atoms with Crippen molar-refractivity contribution in [3.63, 3.8) is 0 Å². The lowest BCUT2D eigenvalue weighted by atomic mass is 10.0. The Labute approximate surface area is 103 Å². The summed E-state index contributed by atoms with van der Waals surface area (Å²) in [5.41, 5.74) is 1.09. The van der Waals surface area contributed by atoms with Gasteiger partial charge >= 0.3 is 0 Å². The normalized spacial score (nSPS) is 21.9. The van der Waals surface area contributed by atoms with Crippen LogP contribution in [0.5, 0.6) is 0 Å². The van der Waals surface area contributed by atoms with Crippen molar-refractivity contribution in [2.24, 2.45) is 0 Å². The largest absolute Gasteiger partial charge is 0.447 e. The third-order valence-electron chi connectivity index (χ3n) is 3.48. The Morgan fingerprint density at radius 1 is 1.53 bits per heavy atom. The predicted molar refractivity (Wildman–Crippen MR) is 68.0 cm³/mol. The molecule has 4 heteroatoms. The van der Waals surface area contributed by atoms with Gasteiger partial charge < -0.3 is 9.73 Å². The van der Waals surface area contributed by atoms with Crippen LogP contribution in [0.1, 0.15) is 43.3 Å². The molecule has 1 aliphatic heterocycles. The van der Waals surface area contributed by atoms with Crippen LogP contribution in [-0.4, -0.2) is 37.1 Å². The Morgan fingerprint density at radius 3 is 3.18 bits per heavy atom. The molecular weight excluding hydrogens is 214 g/mol. The van der Waals surface area contributed by atoms with Crippen molar-refractivity contribution >= 4 is 0 Å². The van der Waals surface area contributed by atoms with Crippen molar-refractivity contribution in [3.8, 4) is 0 Å². The van der Waals surface area contributed by atoms with Crippen LogP contribution in [0.3, 0.4) is 0 Å². The molecule has 1 aromatic heterocycles. The van der Waals surface area contributed by atoms with Gasteiger partial charge in [-0.2, -0.15) is 0 Å². The molecule has 0 bridgehead atoms. The van der Waals surface area contributed by atoms with Gasteiger partial charge in [0.25, 0.3) is 0 Å². The maximum absolute atomic E-state index is 5.63. The number of hydrogen-bond acceptors (Lipinski definition) is 4. The third kappa shape index (κ3) is 3.30. The summed E-state index contributed by atoms with van der Waals surface area (Å²) >= 11 is 0. The van der Waals surface area contributed by atoms with Crippen molar-refractivity contribution in [2.75, 3.05) is 27.2 Å². The molecule has 0 aliphatic carbocycles. The lowest BCUT2D eigenvalue weighted by molar-refractivity contribution is 0.159. The lowest BCUT2D eigenvalue weighted by Crippen LogP contribution is -2.29. The molecule has 2 rings (SSSR count). The molecular formula is C13H23N3O. The van der Waals surface area contributed by atoms with Crippen molar-refractivity contribution in [1.29, 1.82) is 0 Å². The molecule has 96 valence electrons. The number of rotatable bonds is 5. The van der Waals surface area contributed by atoms with Gasteiger partial charge in [0, 0.05) is 0 Å². The van der Waals surface area contributed by atoms with Crippen LogP contribution in [-0.2, 0) is 6.42 Å². The van der Waals surface area contributed by atoms with E-state index < -0.39 is 0 Å². The molecule has 0 aromatic carbocycles. The zero-order valence-electron chi connectivity index (χ0n) is 10.9. The SMILES string of the molecule is CNCCCc1coc(C2CCCCN2C)n1. The number of oxazole rings is 1. The van der Waals surface area contributed by atoms with Gasteiger partial charge in [0.05, 0.1) is 11.7 Å². The first-order valence-corrected chi connectivity index (χ1v) is 6.60. The monoisotopic (exact) mass is 237 g/mol. The summed E-state index contributed by atoms with van der Waals surface area (Å²) in [4.78, 5) is 6.97. The van der Waals surface area contributed by atoms with Gasteiger partial charge in [0.1, 0.15) is 6.26 Å². The number of nitrogens with one attached hydrogen (secondary N) is 1. The fraction of sp³-hybridized carbons (Fsp3) is 0.769. The maximum atomic E-state index is 5.63. The third-order valence-corrected chi connectivity index (χ3v) is 3.48.